The Morgan fingerprint density at radius 2 is 1.22 bits per heavy atom. The van der Waals surface area contributed by atoms with E-state index in [-0.39, 0.29) is 0 Å². The predicted molar refractivity (Wildman–Crippen MR) is 113 cm³/mol. The lowest BCUT2D eigenvalue weighted by molar-refractivity contribution is 1.10. The topological polar surface area (TPSA) is 25.8 Å². The molecule has 2 heteroatoms. The largest absolute Gasteiger partial charge is 0.233 e. The van der Waals surface area contributed by atoms with Gasteiger partial charge in [0.1, 0.15) is 5.82 Å². The molecule has 5 aromatic rings. The molecule has 0 aliphatic rings. The zero-order valence-corrected chi connectivity index (χ0v) is 15.1. The van der Waals surface area contributed by atoms with Gasteiger partial charge in [-0.05, 0) is 35.6 Å². The van der Waals surface area contributed by atoms with Gasteiger partial charge in [-0.1, -0.05) is 78.9 Å². The normalized spacial score (nSPS) is 11.1. The quantitative estimate of drug-likeness (QED) is 0.344. The van der Waals surface area contributed by atoms with Gasteiger partial charge in [-0.3, -0.25) is 0 Å². The molecule has 0 bridgehead atoms. The van der Waals surface area contributed by atoms with Crippen molar-refractivity contribution in [2.24, 2.45) is 0 Å². The number of hydrogen-bond acceptors (Lipinski definition) is 2. The van der Waals surface area contributed by atoms with Gasteiger partial charge in [-0.2, -0.15) is 0 Å². The van der Waals surface area contributed by atoms with Gasteiger partial charge in [0.05, 0.1) is 11.2 Å². The summed E-state index contributed by atoms with van der Waals surface area (Å²) in [5.41, 5.74) is 5.57. The Morgan fingerprint density at radius 1 is 0.556 bits per heavy atom. The van der Waals surface area contributed by atoms with Crippen molar-refractivity contribution in [3.63, 3.8) is 0 Å². The van der Waals surface area contributed by atoms with Crippen LogP contribution in [-0.4, -0.2) is 9.97 Å². The summed E-state index contributed by atoms with van der Waals surface area (Å²) >= 11 is 0. The Hall–Kier alpha value is -3.52. The van der Waals surface area contributed by atoms with Gasteiger partial charge in [-0.25, -0.2) is 9.97 Å². The molecule has 0 atom stereocenters. The van der Waals surface area contributed by atoms with Crippen molar-refractivity contribution in [1.82, 2.24) is 9.97 Å². The van der Waals surface area contributed by atoms with E-state index in [4.69, 9.17) is 9.97 Å². The maximum absolute atomic E-state index is 4.78. The molecular weight excluding hydrogens is 328 g/mol. The smallest absolute Gasteiger partial charge is 0.126 e. The average Bonchev–Trinajstić information content (AvgIpc) is 2.74. The van der Waals surface area contributed by atoms with E-state index in [9.17, 15) is 0 Å². The van der Waals surface area contributed by atoms with Crippen molar-refractivity contribution >= 4 is 21.7 Å². The first kappa shape index (κ1) is 15.7. The molecule has 2 nitrogen and oxygen atoms in total. The van der Waals surface area contributed by atoms with Gasteiger partial charge < -0.3 is 0 Å². The summed E-state index contributed by atoms with van der Waals surface area (Å²) in [7, 11) is 0. The molecule has 0 spiro atoms. The Kier molecular flexibility index (Phi) is 3.68. The SMILES string of the molecule is Cc1nc(-c2ccccc2)c2ccc3cc(-c4ccccc4)ccc3c2n1. The summed E-state index contributed by atoms with van der Waals surface area (Å²) in [6.45, 7) is 1.96. The van der Waals surface area contributed by atoms with E-state index >= 15 is 0 Å². The fourth-order valence-electron chi connectivity index (χ4n) is 3.66. The lowest BCUT2D eigenvalue weighted by Crippen LogP contribution is -1.95. The number of hydrogen-bond donors (Lipinski definition) is 0. The zero-order valence-electron chi connectivity index (χ0n) is 15.1. The molecular formula is C25H18N2. The monoisotopic (exact) mass is 346 g/mol. The lowest BCUT2D eigenvalue weighted by atomic mass is 9.98. The maximum atomic E-state index is 4.78. The average molecular weight is 346 g/mol. The van der Waals surface area contributed by atoms with Crippen LogP contribution >= 0.6 is 0 Å². The van der Waals surface area contributed by atoms with Crippen molar-refractivity contribution in [3.05, 3.63) is 96.8 Å². The van der Waals surface area contributed by atoms with Crippen LogP contribution in [-0.2, 0) is 0 Å². The van der Waals surface area contributed by atoms with Crippen LogP contribution in [0.5, 0.6) is 0 Å². The summed E-state index contributed by atoms with van der Waals surface area (Å²) in [5.74, 6) is 0.793. The molecule has 1 heterocycles. The molecule has 128 valence electrons. The second-order valence-corrected chi connectivity index (χ2v) is 6.75. The number of nitrogens with zero attached hydrogens (tertiary/aromatic N) is 2. The van der Waals surface area contributed by atoms with Crippen molar-refractivity contribution in [3.8, 4) is 22.4 Å². The van der Waals surface area contributed by atoms with E-state index in [1.54, 1.807) is 0 Å². The highest BCUT2D eigenvalue weighted by Crippen LogP contribution is 2.33. The highest BCUT2D eigenvalue weighted by atomic mass is 14.9. The lowest BCUT2D eigenvalue weighted by Gasteiger charge is -2.11. The molecule has 0 radical (unpaired) electrons. The second-order valence-electron chi connectivity index (χ2n) is 6.75. The predicted octanol–water partition coefficient (Wildman–Crippen LogP) is 6.43. The standard InChI is InChI=1S/C25H18N2/c1-17-26-24(19-10-6-3-7-11-19)23-15-13-21-16-20(18-8-4-2-5-9-18)12-14-22(21)25(23)27-17/h2-16H,1H3. The third kappa shape index (κ3) is 2.76. The van der Waals surface area contributed by atoms with Crippen molar-refractivity contribution in [2.45, 2.75) is 6.92 Å². The van der Waals surface area contributed by atoms with Crippen molar-refractivity contribution in [1.29, 1.82) is 0 Å². The molecule has 1 aromatic heterocycles. The van der Waals surface area contributed by atoms with Gasteiger partial charge >= 0.3 is 0 Å². The minimum absolute atomic E-state index is 0.793. The van der Waals surface area contributed by atoms with Crippen LogP contribution in [0, 0.1) is 6.92 Å². The first-order valence-electron chi connectivity index (χ1n) is 9.11. The number of aryl methyl sites for hydroxylation is 1. The third-order valence-electron chi connectivity index (χ3n) is 4.95. The second kappa shape index (κ2) is 6.33. The van der Waals surface area contributed by atoms with Crippen LogP contribution < -0.4 is 0 Å². The summed E-state index contributed by atoms with van der Waals surface area (Å²) in [4.78, 5) is 9.51. The molecule has 0 aliphatic heterocycles. The third-order valence-corrected chi connectivity index (χ3v) is 4.95. The van der Waals surface area contributed by atoms with Crippen molar-refractivity contribution < 1.29 is 0 Å². The summed E-state index contributed by atoms with van der Waals surface area (Å²) < 4.78 is 0. The molecule has 5 rings (SSSR count). The van der Waals surface area contributed by atoms with Crippen LogP contribution in [0.2, 0.25) is 0 Å². The zero-order chi connectivity index (χ0) is 18.2. The molecule has 0 amide bonds. The Labute approximate surface area is 158 Å². The minimum atomic E-state index is 0.793. The van der Waals surface area contributed by atoms with E-state index < -0.39 is 0 Å². The first-order chi connectivity index (χ1) is 13.3. The molecule has 0 saturated carbocycles. The number of rotatable bonds is 2. The highest BCUT2D eigenvalue weighted by Gasteiger charge is 2.11. The molecule has 0 unspecified atom stereocenters. The van der Waals surface area contributed by atoms with E-state index in [1.165, 1.54) is 16.5 Å². The van der Waals surface area contributed by atoms with E-state index in [0.29, 0.717) is 0 Å². The summed E-state index contributed by atoms with van der Waals surface area (Å²) in [6.07, 6.45) is 0. The summed E-state index contributed by atoms with van der Waals surface area (Å²) in [6, 6.07) is 31.7. The highest BCUT2D eigenvalue weighted by molar-refractivity contribution is 6.09. The Balaban J connectivity index is 1.77. The fraction of sp³-hybridized carbons (Fsp3) is 0.0400. The maximum Gasteiger partial charge on any atom is 0.126 e. The van der Waals surface area contributed by atoms with Gasteiger partial charge in [0.15, 0.2) is 0 Å². The molecule has 0 aliphatic carbocycles. The number of aromatic nitrogens is 2. The molecule has 0 saturated heterocycles. The fourth-order valence-corrected chi connectivity index (χ4v) is 3.66. The first-order valence-corrected chi connectivity index (χ1v) is 9.11. The molecule has 0 N–H and O–H groups in total. The minimum Gasteiger partial charge on any atom is -0.233 e. The molecule has 4 aromatic carbocycles. The number of benzene rings is 4. The Bertz CT molecular complexity index is 1260. The van der Waals surface area contributed by atoms with Crippen LogP contribution in [0.1, 0.15) is 5.82 Å². The van der Waals surface area contributed by atoms with Crippen molar-refractivity contribution in [2.75, 3.05) is 0 Å². The van der Waals surface area contributed by atoms with Crippen LogP contribution in [0.4, 0.5) is 0 Å². The Morgan fingerprint density at radius 3 is 1.96 bits per heavy atom. The van der Waals surface area contributed by atoms with Crippen LogP contribution in [0.3, 0.4) is 0 Å². The van der Waals surface area contributed by atoms with Gasteiger partial charge in [0, 0.05) is 16.3 Å². The van der Waals surface area contributed by atoms with E-state index in [1.807, 2.05) is 31.2 Å². The van der Waals surface area contributed by atoms with Gasteiger partial charge in [0.25, 0.3) is 0 Å². The van der Waals surface area contributed by atoms with Crippen LogP contribution in [0.15, 0.2) is 91.0 Å². The number of fused-ring (bicyclic) bond motifs is 3. The van der Waals surface area contributed by atoms with Crippen LogP contribution in [0.25, 0.3) is 44.1 Å². The molecule has 27 heavy (non-hydrogen) atoms. The summed E-state index contributed by atoms with van der Waals surface area (Å²) in [5, 5.41) is 3.45. The van der Waals surface area contributed by atoms with E-state index in [0.717, 1.165) is 33.4 Å². The molecule has 0 fully saturated rings. The van der Waals surface area contributed by atoms with Gasteiger partial charge in [0.2, 0.25) is 0 Å². The van der Waals surface area contributed by atoms with E-state index in [2.05, 4.69) is 66.7 Å². The van der Waals surface area contributed by atoms with Gasteiger partial charge in [-0.15, -0.1) is 0 Å².